The second-order valence-corrected chi connectivity index (χ2v) is 5.68. The highest BCUT2D eigenvalue weighted by molar-refractivity contribution is 14.1. The number of hydrogen-bond donors (Lipinski definition) is 0. The lowest BCUT2D eigenvalue weighted by Crippen LogP contribution is -2.00. The Hall–Kier alpha value is -0.620. The van der Waals surface area contributed by atoms with E-state index in [0.29, 0.717) is 6.42 Å². The van der Waals surface area contributed by atoms with Crippen LogP contribution in [0.2, 0.25) is 0 Å². The summed E-state index contributed by atoms with van der Waals surface area (Å²) in [5.74, 6) is 0.144. The van der Waals surface area contributed by atoms with Crippen LogP contribution in [0.1, 0.15) is 15.9 Å². The topological polar surface area (TPSA) is 30.2 Å². The fraction of sp³-hybridized carbons (Fsp3) is 0.100. The maximum Gasteiger partial charge on any atom is 0.168 e. The zero-order chi connectivity index (χ0) is 9.97. The van der Waals surface area contributed by atoms with Crippen LogP contribution in [0.3, 0.4) is 0 Å². The highest BCUT2D eigenvalue weighted by Crippen LogP contribution is 2.18. The molecule has 2 heterocycles. The van der Waals surface area contributed by atoms with Crippen LogP contribution in [0.4, 0.5) is 0 Å². The summed E-state index contributed by atoms with van der Waals surface area (Å²) < 4.78 is 6.04. The number of ketones is 1. The summed E-state index contributed by atoms with van der Waals surface area (Å²) in [6.45, 7) is 0. The lowest BCUT2D eigenvalue weighted by atomic mass is 10.1. The van der Waals surface area contributed by atoms with E-state index in [2.05, 4.69) is 22.6 Å². The van der Waals surface area contributed by atoms with Crippen LogP contribution in [0.5, 0.6) is 0 Å². The van der Waals surface area contributed by atoms with Crippen molar-refractivity contribution in [1.82, 2.24) is 0 Å². The molecule has 0 aliphatic rings. The molecule has 0 spiro atoms. The van der Waals surface area contributed by atoms with E-state index in [9.17, 15) is 4.79 Å². The van der Waals surface area contributed by atoms with Crippen molar-refractivity contribution >= 4 is 39.7 Å². The second-order valence-electron chi connectivity index (χ2n) is 2.87. The fourth-order valence-corrected chi connectivity index (χ4v) is 2.49. The van der Waals surface area contributed by atoms with Gasteiger partial charge in [-0.15, -0.1) is 11.3 Å². The quantitative estimate of drug-likeness (QED) is 0.642. The van der Waals surface area contributed by atoms with Gasteiger partial charge in [-0.3, -0.25) is 4.79 Å². The molecular weight excluding hydrogens is 311 g/mol. The Bertz CT molecular complexity index is 431. The van der Waals surface area contributed by atoms with Gasteiger partial charge in [0.15, 0.2) is 5.78 Å². The van der Waals surface area contributed by atoms with Crippen molar-refractivity contribution in [3.05, 3.63) is 44.0 Å². The summed E-state index contributed by atoms with van der Waals surface area (Å²) in [6, 6.07) is 3.73. The predicted octanol–water partition coefficient (Wildman–Crippen LogP) is 3.37. The van der Waals surface area contributed by atoms with Gasteiger partial charge in [0.25, 0.3) is 0 Å². The molecule has 0 saturated heterocycles. The molecule has 0 saturated carbocycles. The average molecular weight is 318 g/mol. The van der Waals surface area contributed by atoms with Gasteiger partial charge in [0.05, 0.1) is 15.4 Å². The smallest absolute Gasteiger partial charge is 0.168 e. The van der Waals surface area contributed by atoms with Crippen molar-refractivity contribution in [2.24, 2.45) is 0 Å². The van der Waals surface area contributed by atoms with Crippen LogP contribution in [-0.2, 0) is 6.42 Å². The van der Waals surface area contributed by atoms with E-state index in [1.54, 1.807) is 23.9 Å². The molecule has 0 unspecified atom stereocenters. The second kappa shape index (κ2) is 4.27. The molecule has 0 N–H and O–H groups in total. The van der Waals surface area contributed by atoms with Crippen LogP contribution in [0.25, 0.3) is 0 Å². The molecule has 0 atom stereocenters. The summed E-state index contributed by atoms with van der Waals surface area (Å²) in [6.07, 6.45) is 3.61. The molecule has 14 heavy (non-hydrogen) atoms. The van der Waals surface area contributed by atoms with Gasteiger partial charge in [0.2, 0.25) is 0 Å². The molecular formula is C10H7IO2S. The number of carbonyl (C=O) groups is 1. The van der Waals surface area contributed by atoms with Gasteiger partial charge in [0.1, 0.15) is 0 Å². The molecule has 0 amide bonds. The Labute approximate surface area is 99.1 Å². The Morgan fingerprint density at radius 1 is 1.57 bits per heavy atom. The third-order valence-electron chi connectivity index (χ3n) is 1.83. The van der Waals surface area contributed by atoms with Gasteiger partial charge in [-0.05, 0) is 40.3 Å². The highest BCUT2D eigenvalue weighted by atomic mass is 127. The van der Waals surface area contributed by atoms with Crippen molar-refractivity contribution in [3.8, 4) is 0 Å². The minimum atomic E-state index is 0.144. The maximum absolute atomic E-state index is 11.7. The van der Waals surface area contributed by atoms with Gasteiger partial charge < -0.3 is 4.42 Å². The van der Waals surface area contributed by atoms with Gasteiger partial charge in [-0.2, -0.15) is 0 Å². The molecule has 0 bridgehead atoms. The lowest BCUT2D eigenvalue weighted by molar-refractivity contribution is 0.0993. The molecule has 2 nitrogen and oxygen atoms in total. The molecule has 2 aromatic rings. The van der Waals surface area contributed by atoms with Crippen LogP contribution in [0.15, 0.2) is 34.5 Å². The summed E-state index contributed by atoms with van der Waals surface area (Å²) in [5, 5.41) is 1.89. The average Bonchev–Trinajstić information content (AvgIpc) is 2.75. The van der Waals surface area contributed by atoms with Gasteiger partial charge >= 0.3 is 0 Å². The Morgan fingerprint density at radius 3 is 3.00 bits per heavy atom. The minimum Gasteiger partial charge on any atom is -0.472 e. The molecule has 0 fully saturated rings. The zero-order valence-corrected chi connectivity index (χ0v) is 10.2. The van der Waals surface area contributed by atoms with Gasteiger partial charge in [-0.25, -0.2) is 0 Å². The van der Waals surface area contributed by atoms with E-state index in [-0.39, 0.29) is 5.78 Å². The number of thiophene rings is 1. The summed E-state index contributed by atoms with van der Waals surface area (Å²) in [4.78, 5) is 11.7. The van der Waals surface area contributed by atoms with E-state index in [1.165, 1.54) is 0 Å². The molecule has 72 valence electrons. The predicted molar refractivity (Wildman–Crippen MR) is 63.8 cm³/mol. The molecule has 2 aromatic heterocycles. The van der Waals surface area contributed by atoms with Crippen molar-refractivity contribution in [1.29, 1.82) is 0 Å². The largest absolute Gasteiger partial charge is 0.472 e. The Morgan fingerprint density at radius 2 is 2.43 bits per heavy atom. The molecule has 0 aliphatic heterocycles. The molecule has 4 heteroatoms. The molecule has 2 rings (SSSR count). The maximum atomic E-state index is 11.7. The van der Waals surface area contributed by atoms with E-state index in [4.69, 9.17) is 4.42 Å². The Balaban J connectivity index is 2.10. The van der Waals surface area contributed by atoms with Crippen LogP contribution < -0.4 is 0 Å². The van der Waals surface area contributed by atoms with E-state index >= 15 is 0 Å². The molecule has 0 aromatic carbocycles. The molecule has 0 radical (unpaired) electrons. The van der Waals surface area contributed by atoms with Crippen LogP contribution >= 0.6 is 33.9 Å². The minimum absolute atomic E-state index is 0.144. The van der Waals surface area contributed by atoms with E-state index < -0.39 is 0 Å². The SMILES string of the molecule is O=C(Cc1ccoc1)c1csc(I)c1. The van der Waals surface area contributed by atoms with Crippen molar-refractivity contribution in [3.63, 3.8) is 0 Å². The first-order chi connectivity index (χ1) is 6.75. The van der Waals surface area contributed by atoms with Gasteiger partial charge in [0, 0.05) is 17.4 Å². The molecule has 0 aliphatic carbocycles. The summed E-state index contributed by atoms with van der Waals surface area (Å²) in [7, 11) is 0. The number of furan rings is 1. The van der Waals surface area contributed by atoms with Gasteiger partial charge in [-0.1, -0.05) is 0 Å². The number of halogens is 1. The van der Waals surface area contributed by atoms with Crippen molar-refractivity contribution in [2.75, 3.05) is 0 Å². The van der Waals surface area contributed by atoms with E-state index in [1.807, 2.05) is 17.5 Å². The number of Topliss-reactive ketones (excluding diaryl/α,β-unsaturated/α-hetero) is 1. The normalized spacial score (nSPS) is 10.4. The summed E-state index contributed by atoms with van der Waals surface area (Å²) >= 11 is 3.80. The lowest BCUT2D eigenvalue weighted by Gasteiger charge is -1.93. The third-order valence-corrected chi connectivity index (χ3v) is 3.62. The number of hydrogen-bond acceptors (Lipinski definition) is 3. The number of rotatable bonds is 3. The first-order valence-electron chi connectivity index (χ1n) is 4.04. The van der Waals surface area contributed by atoms with E-state index in [0.717, 1.165) is 14.0 Å². The van der Waals surface area contributed by atoms with Crippen LogP contribution in [-0.4, -0.2) is 5.78 Å². The fourth-order valence-electron chi connectivity index (χ4n) is 1.14. The number of carbonyl (C=O) groups excluding carboxylic acids is 1. The Kier molecular flexibility index (Phi) is 3.02. The standard InChI is InChI=1S/C10H7IO2S/c11-10-4-8(6-14-10)9(12)3-7-1-2-13-5-7/h1-2,4-6H,3H2. The first kappa shape index (κ1) is 9.92. The summed E-state index contributed by atoms with van der Waals surface area (Å²) in [5.41, 5.74) is 1.72. The monoisotopic (exact) mass is 318 g/mol. The first-order valence-corrected chi connectivity index (χ1v) is 6.00. The van der Waals surface area contributed by atoms with Crippen molar-refractivity contribution in [2.45, 2.75) is 6.42 Å². The highest BCUT2D eigenvalue weighted by Gasteiger charge is 2.09. The van der Waals surface area contributed by atoms with Crippen molar-refractivity contribution < 1.29 is 9.21 Å². The third kappa shape index (κ3) is 2.24. The zero-order valence-electron chi connectivity index (χ0n) is 7.20. The van der Waals surface area contributed by atoms with Crippen LogP contribution in [0, 0.1) is 2.88 Å².